The molecule has 0 spiro atoms. The Morgan fingerprint density at radius 3 is 3.00 bits per heavy atom. The van der Waals surface area contributed by atoms with Crippen LogP contribution in [0.2, 0.25) is 0 Å². The van der Waals surface area contributed by atoms with Gasteiger partial charge in [0, 0.05) is 22.7 Å². The van der Waals surface area contributed by atoms with Crippen molar-refractivity contribution in [3.05, 3.63) is 22.0 Å². The first-order valence-corrected chi connectivity index (χ1v) is 5.74. The average molecular weight is 323 g/mol. The Hall–Kier alpha value is -0.360. The highest BCUT2D eigenvalue weighted by atomic mass is 127. The lowest BCUT2D eigenvalue weighted by molar-refractivity contribution is -0.117. The highest BCUT2D eigenvalue weighted by Gasteiger charge is 2.30. The summed E-state index contributed by atoms with van der Waals surface area (Å²) in [5.41, 5.74) is 0.862. The number of amides is 1. The maximum absolute atomic E-state index is 11.5. The number of carbonyl (C=O) groups excluding carboxylic acids is 1. The van der Waals surface area contributed by atoms with Gasteiger partial charge in [0.1, 0.15) is 0 Å². The number of hydrogen-bond acceptors (Lipinski definition) is 2. The normalized spacial score (nSPS) is 21.7. The molecule has 0 aliphatic carbocycles. The van der Waals surface area contributed by atoms with Gasteiger partial charge in [-0.15, -0.1) is 11.6 Å². The third-order valence-corrected chi connectivity index (χ3v) is 3.32. The zero-order valence-corrected chi connectivity index (χ0v) is 10.2. The first-order valence-electron chi connectivity index (χ1n) is 4.22. The van der Waals surface area contributed by atoms with Crippen molar-refractivity contribution in [2.75, 3.05) is 11.4 Å². The summed E-state index contributed by atoms with van der Waals surface area (Å²) < 4.78 is 1.02. The molecule has 1 unspecified atom stereocenters. The fourth-order valence-electron chi connectivity index (χ4n) is 1.46. The molecule has 1 fully saturated rings. The number of hydrogen-bond donors (Lipinski definition) is 0. The van der Waals surface area contributed by atoms with Crippen LogP contribution in [0.1, 0.15) is 6.42 Å². The fraction of sp³-hybridized carbons (Fsp3) is 0.333. The summed E-state index contributed by atoms with van der Waals surface area (Å²) in [5.74, 6) is 0.0796. The number of aromatic nitrogens is 1. The summed E-state index contributed by atoms with van der Waals surface area (Å²) >= 11 is 8.11. The Morgan fingerprint density at radius 2 is 2.43 bits per heavy atom. The van der Waals surface area contributed by atoms with E-state index in [-0.39, 0.29) is 11.3 Å². The maximum Gasteiger partial charge on any atom is 0.228 e. The number of pyridine rings is 1. The summed E-state index contributed by atoms with van der Waals surface area (Å²) in [4.78, 5) is 17.3. The second-order valence-corrected chi connectivity index (χ2v) is 4.91. The van der Waals surface area contributed by atoms with Gasteiger partial charge in [-0.3, -0.25) is 9.78 Å². The van der Waals surface area contributed by atoms with E-state index in [1.165, 1.54) is 0 Å². The standard InChI is InChI=1S/C9H8ClIN2O/c10-6-3-9(14)13(5-6)8-4-12-2-1-7(8)11/h1-2,4,6H,3,5H2. The molecule has 5 heteroatoms. The van der Waals surface area contributed by atoms with E-state index >= 15 is 0 Å². The Kier molecular flexibility index (Phi) is 2.92. The molecule has 2 heterocycles. The summed E-state index contributed by atoms with van der Waals surface area (Å²) in [7, 11) is 0. The van der Waals surface area contributed by atoms with E-state index in [2.05, 4.69) is 27.6 Å². The van der Waals surface area contributed by atoms with Crippen molar-refractivity contribution in [3.63, 3.8) is 0 Å². The number of rotatable bonds is 1. The van der Waals surface area contributed by atoms with E-state index in [0.29, 0.717) is 13.0 Å². The molecule has 1 saturated heterocycles. The third-order valence-electron chi connectivity index (χ3n) is 2.12. The van der Waals surface area contributed by atoms with Gasteiger partial charge in [0.25, 0.3) is 0 Å². The van der Waals surface area contributed by atoms with Crippen molar-refractivity contribution in [2.24, 2.45) is 0 Å². The van der Waals surface area contributed by atoms with E-state index in [0.717, 1.165) is 9.26 Å². The van der Waals surface area contributed by atoms with Gasteiger partial charge < -0.3 is 4.90 Å². The molecule has 1 atom stereocenters. The fourth-order valence-corrected chi connectivity index (χ4v) is 2.33. The first-order chi connectivity index (χ1) is 6.68. The number of halogens is 2. The van der Waals surface area contributed by atoms with Gasteiger partial charge in [0.05, 0.1) is 17.3 Å². The van der Waals surface area contributed by atoms with Gasteiger partial charge in [-0.2, -0.15) is 0 Å². The molecule has 1 amide bonds. The highest BCUT2D eigenvalue weighted by Crippen LogP contribution is 2.27. The summed E-state index contributed by atoms with van der Waals surface area (Å²) in [6.45, 7) is 0.585. The predicted molar refractivity (Wildman–Crippen MR) is 63.6 cm³/mol. The molecule has 0 saturated carbocycles. The topological polar surface area (TPSA) is 33.2 Å². The number of anilines is 1. The minimum atomic E-state index is -0.0708. The van der Waals surface area contributed by atoms with E-state index < -0.39 is 0 Å². The van der Waals surface area contributed by atoms with Crippen LogP contribution in [0.25, 0.3) is 0 Å². The minimum Gasteiger partial charge on any atom is -0.308 e. The van der Waals surface area contributed by atoms with Gasteiger partial charge in [0.15, 0.2) is 0 Å². The summed E-state index contributed by atoms with van der Waals surface area (Å²) in [5, 5.41) is -0.0708. The zero-order chi connectivity index (χ0) is 10.1. The van der Waals surface area contributed by atoms with Gasteiger partial charge in [-0.25, -0.2) is 0 Å². The lowest BCUT2D eigenvalue weighted by atomic mass is 10.4. The molecule has 74 valence electrons. The monoisotopic (exact) mass is 322 g/mol. The molecule has 3 nitrogen and oxygen atoms in total. The molecule has 0 radical (unpaired) electrons. The van der Waals surface area contributed by atoms with Crippen molar-refractivity contribution in [3.8, 4) is 0 Å². The summed E-state index contributed by atoms with van der Waals surface area (Å²) in [6.07, 6.45) is 3.84. The van der Waals surface area contributed by atoms with E-state index in [1.807, 2.05) is 6.07 Å². The van der Waals surface area contributed by atoms with Crippen LogP contribution < -0.4 is 4.90 Å². The van der Waals surface area contributed by atoms with Crippen molar-refractivity contribution < 1.29 is 4.79 Å². The van der Waals surface area contributed by atoms with Crippen LogP contribution in [-0.4, -0.2) is 22.8 Å². The molecule has 1 aromatic rings. The van der Waals surface area contributed by atoms with Gasteiger partial charge in [0.2, 0.25) is 5.91 Å². The smallest absolute Gasteiger partial charge is 0.228 e. The highest BCUT2D eigenvalue weighted by molar-refractivity contribution is 14.1. The Bertz CT molecular complexity index is 372. The van der Waals surface area contributed by atoms with Crippen molar-refractivity contribution >= 4 is 45.8 Å². The van der Waals surface area contributed by atoms with Crippen molar-refractivity contribution in [1.29, 1.82) is 0 Å². The van der Waals surface area contributed by atoms with E-state index in [4.69, 9.17) is 11.6 Å². The SMILES string of the molecule is O=C1CC(Cl)CN1c1cnccc1I. The molecule has 0 aromatic carbocycles. The summed E-state index contributed by atoms with van der Waals surface area (Å²) in [6, 6.07) is 1.88. The number of alkyl halides is 1. The molecule has 2 rings (SSSR count). The molecular formula is C9H8ClIN2O. The minimum absolute atomic E-state index is 0.0708. The quantitative estimate of drug-likeness (QED) is 0.585. The van der Waals surface area contributed by atoms with Gasteiger partial charge in [-0.05, 0) is 28.7 Å². The third kappa shape index (κ3) is 1.86. The van der Waals surface area contributed by atoms with Crippen LogP contribution in [0, 0.1) is 3.57 Å². The Balaban J connectivity index is 2.32. The van der Waals surface area contributed by atoms with Crippen LogP contribution >= 0.6 is 34.2 Å². The van der Waals surface area contributed by atoms with Gasteiger partial charge >= 0.3 is 0 Å². The second-order valence-electron chi connectivity index (χ2n) is 3.13. The molecule has 1 aliphatic rings. The lowest BCUT2D eigenvalue weighted by Gasteiger charge is -2.16. The number of nitrogens with zero attached hydrogens (tertiary/aromatic N) is 2. The van der Waals surface area contributed by atoms with Crippen molar-refractivity contribution in [2.45, 2.75) is 11.8 Å². The van der Waals surface area contributed by atoms with Crippen LogP contribution in [0.4, 0.5) is 5.69 Å². The van der Waals surface area contributed by atoms with Crippen LogP contribution in [-0.2, 0) is 4.79 Å². The second kappa shape index (κ2) is 4.02. The average Bonchev–Trinajstić information content (AvgIpc) is 2.46. The first kappa shape index (κ1) is 10.2. The Labute approximate surface area is 101 Å². The molecule has 1 aromatic heterocycles. The van der Waals surface area contributed by atoms with Crippen LogP contribution in [0.5, 0.6) is 0 Å². The van der Waals surface area contributed by atoms with E-state index in [1.54, 1.807) is 17.3 Å². The predicted octanol–water partition coefficient (Wildman–Crippen LogP) is 2.03. The van der Waals surface area contributed by atoms with Crippen LogP contribution in [0.15, 0.2) is 18.5 Å². The molecule has 1 aliphatic heterocycles. The van der Waals surface area contributed by atoms with Crippen LogP contribution in [0.3, 0.4) is 0 Å². The molecular weight excluding hydrogens is 314 g/mol. The van der Waals surface area contributed by atoms with Crippen molar-refractivity contribution in [1.82, 2.24) is 4.98 Å². The lowest BCUT2D eigenvalue weighted by Crippen LogP contribution is -2.25. The molecule has 0 bridgehead atoms. The Morgan fingerprint density at radius 1 is 1.64 bits per heavy atom. The zero-order valence-electron chi connectivity index (χ0n) is 7.28. The molecule has 0 N–H and O–H groups in total. The number of carbonyl (C=O) groups is 1. The maximum atomic E-state index is 11.5. The van der Waals surface area contributed by atoms with E-state index in [9.17, 15) is 4.79 Å². The molecule has 14 heavy (non-hydrogen) atoms. The largest absolute Gasteiger partial charge is 0.308 e. The van der Waals surface area contributed by atoms with Gasteiger partial charge in [-0.1, -0.05) is 0 Å².